The van der Waals surface area contributed by atoms with Crippen LogP contribution in [-0.4, -0.2) is 34.9 Å². The van der Waals surface area contributed by atoms with Gasteiger partial charge in [0, 0.05) is 19.8 Å². The van der Waals surface area contributed by atoms with Crippen LogP contribution in [0.4, 0.5) is 0 Å². The molecule has 1 fully saturated rings. The molecular formula is C14H24O5. The first kappa shape index (κ1) is 16.0. The van der Waals surface area contributed by atoms with Crippen LogP contribution in [0.25, 0.3) is 0 Å². The van der Waals surface area contributed by atoms with Gasteiger partial charge in [-0.05, 0) is 32.6 Å². The lowest BCUT2D eigenvalue weighted by Gasteiger charge is -2.43. The fraction of sp³-hybridized carbons (Fsp3) is 0.857. The maximum Gasteiger partial charge on any atom is 0.302 e. The van der Waals surface area contributed by atoms with Gasteiger partial charge in [0.15, 0.2) is 0 Å². The predicted molar refractivity (Wildman–Crippen MR) is 69.3 cm³/mol. The van der Waals surface area contributed by atoms with Crippen LogP contribution in [0.15, 0.2) is 0 Å². The fourth-order valence-corrected chi connectivity index (χ4v) is 2.78. The SMILES string of the molecule is CC(=O)O[C@H]1C[C@@H](C(C)(C)O)[C@H](OC(C)=O)C[C@@H]1C. The summed E-state index contributed by atoms with van der Waals surface area (Å²) < 4.78 is 10.6. The first-order chi connectivity index (χ1) is 8.61. The minimum atomic E-state index is -0.987. The summed E-state index contributed by atoms with van der Waals surface area (Å²) in [6.07, 6.45) is 0.522. The van der Waals surface area contributed by atoms with E-state index in [2.05, 4.69) is 0 Å². The Bertz CT molecular complexity index is 344. The molecular weight excluding hydrogens is 248 g/mol. The molecule has 1 aliphatic rings. The summed E-state index contributed by atoms with van der Waals surface area (Å²) >= 11 is 0. The molecule has 1 saturated carbocycles. The van der Waals surface area contributed by atoms with Crippen LogP contribution in [0.3, 0.4) is 0 Å². The molecule has 19 heavy (non-hydrogen) atoms. The van der Waals surface area contributed by atoms with Gasteiger partial charge < -0.3 is 14.6 Å². The average molecular weight is 272 g/mol. The molecule has 0 aromatic rings. The van der Waals surface area contributed by atoms with Crippen LogP contribution in [0.5, 0.6) is 0 Å². The van der Waals surface area contributed by atoms with Crippen molar-refractivity contribution in [1.82, 2.24) is 0 Å². The molecule has 5 nitrogen and oxygen atoms in total. The summed E-state index contributed by atoms with van der Waals surface area (Å²) in [6.45, 7) is 8.09. The lowest BCUT2D eigenvalue weighted by molar-refractivity contribution is -0.175. The molecule has 0 aromatic heterocycles. The molecule has 0 aliphatic heterocycles. The zero-order chi connectivity index (χ0) is 14.8. The van der Waals surface area contributed by atoms with Crippen molar-refractivity contribution in [2.24, 2.45) is 11.8 Å². The first-order valence-corrected chi connectivity index (χ1v) is 6.68. The number of ether oxygens (including phenoxy) is 2. The van der Waals surface area contributed by atoms with Crippen LogP contribution in [-0.2, 0) is 19.1 Å². The molecule has 4 atom stereocenters. The lowest BCUT2D eigenvalue weighted by atomic mass is 9.71. The van der Waals surface area contributed by atoms with Crippen molar-refractivity contribution in [1.29, 1.82) is 0 Å². The summed E-state index contributed by atoms with van der Waals surface area (Å²) in [5, 5.41) is 10.2. The standard InChI is InChI=1S/C14H24O5/c1-8-6-13(19-10(3)16)11(14(4,5)17)7-12(8)18-9(2)15/h8,11-13,17H,6-7H2,1-5H3/t8-,11+,12-,13+/m0/s1. The van der Waals surface area contributed by atoms with E-state index in [1.165, 1.54) is 13.8 Å². The summed E-state index contributed by atoms with van der Waals surface area (Å²) in [6, 6.07) is 0. The van der Waals surface area contributed by atoms with Crippen LogP contribution >= 0.6 is 0 Å². The Balaban J connectivity index is 2.85. The zero-order valence-corrected chi connectivity index (χ0v) is 12.3. The van der Waals surface area contributed by atoms with E-state index >= 15 is 0 Å². The van der Waals surface area contributed by atoms with Crippen molar-refractivity contribution in [3.8, 4) is 0 Å². The van der Waals surface area contributed by atoms with Crippen molar-refractivity contribution < 1.29 is 24.2 Å². The Morgan fingerprint density at radius 1 is 1.05 bits per heavy atom. The van der Waals surface area contributed by atoms with E-state index in [-0.39, 0.29) is 36.0 Å². The van der Waals surface area contributed by atoms with Crippen molar-refractivity contribution in [2.45, 2.75) is 65.3 Å². The highest BCUT2D eigenvalue weighted by Crippen LogP contribution is 2.38. The van der Waals surface area contributed by atoms with Crippen molar-refractivity contribution in [2.75, 3.05) is 0 Å². The van der Waals surface area contributed by atoms with Gasteiger partial charge >= 0.3 is 11.9 Å². The van der Waals surface area contributed by atoms with Gasteiger partial charge in [-0.25, -0.2) is 0 Å². The molecule has 0 saturated heterocycles. The van der Waals surface area contributed by atoms with Crippen LogP contribution in [0.2, 0.25) is 0 Å². The third-order valence-corrected chi connectivity index (χ3v) is 3.72. The Morgan fingerprint density at radius 2 is 1.53 bits per heavy atom. The Hall–Kier alpha value is -1.10. The topological polar surface area (TPSA) is 72.8 Å². The van der Waals surface area contributed by atoms with E-state index in [1.807, 2.05) is 6.92 Å². The van der Waals surface area contributed by atoms with E-state index < -0.39 is 5.60 Å². The maximum absolute atomic E-state index is 11.2. The van der Waals surface area contributed by atoms with E-state index in [1.54, 1.807) is 13.8 Å². The van der Waals surface area contributed by atoms with Crippen LogP contribution in [0, 0.1) is 11.8 Å². The smallest absolute Gasteiger partial charge is 0.302 e. The third kappa shape index (κ3) is 4.49. The minimum Gasteiger partial charge on any atom is -0.462 e. The van der Waals surface area contributed by atoms with Gasteiger partial charge in [0.1, 0.15) is 12.2 Å². The summed E-state index contributed by atoms with van der Waals surface area (Å²) in [5.74, 6) is -0.807. The molecule has 0 amide bonds. The number of hydrogen-bond donors (Lipinski definition) is 1. The van der Waals surface area contributed by atoms with Gasteiger partial charge in [-0.15, -0.1) is 0 Å². The number of hydrogen-bond acceptors (Lipinski definition) is 5. The summed E-state index contributed by atoms with van der Waals surface area (Å²) in [4.78, 5) is 22.3. The Kier molecular flexibility index (Phi) is 4.96. The van der Waals surface area contributed by atoms with E-state index in [9.17, 15) is 14.7 Å². The Labute approximate surface area is 114 Å². The number of aliphatic hydroxyl groups is 1. The largest absolute Gasteiger partial charge is 0.462 e. The Morgan fingerprint density at radius 3 is 1.95 bits per heavy atom. The van der Waals surface area contributed by atoms with Crippen LogP contribution in [0.1, 0.15) is 47.5 Å². The molecule has 0 heterocycles. The first-order valence-electron chi connectivity index (χ1n) is 6.68. The monoisotopic (exact) mass is 272 g/mol. The highest BCUT2D eigenvalue weighted by atomic mass is 16.6. The second-order valence-electron chi connectivity index (χ2n) is 6.00. The minimum absolute atomic E-state index is 0.104. The fourth-order valence-electron chi connectivity index (χ4n) is 2.78. The average Bonchev–Trinajstić information content (AvgIpc) is 2.18. The van der Waals surface area contributed by atoms with Crippen molar-refractivity contribution in [3.63, 3.8) is 0 Å². The molecule has 110 valence electrons. The van der Waals surface area contributed by atoms with E-state index in [0.717, 1.165) is 0 Å². The second-order valence-corrected chi connectivity index (χ2v) is 6.00. The molecule has 0 aromatic carbocycles. The van der Waals surface area contributed by atoms with Crippen LogP contribution < -0.4 is 0 Å². The molecule has 0 spiro atoms. The molecule has 1 rings (SSSR count). The highest BCUT2D eigenvalue weighted by molar-refractivity contribution is 5.66. The molecule has 1 aliphatic carbocycles. The molecule has 1 N–H and O–H groups in total. The second kappa shape index (κ2) is 5.90. The summed E-state index contributed by atoms with van der Waals surface area (Å²) in [5.41, 5.74) is -0.987. The van der Waals surface area contributed by atoms with Crippen molar-refractivity contribution in [3.05, 3.63) is 0 Å². The molecule has 0 radical (unpaired) electrons. The number of carbonyl (C=O) groups is 2. The van der Waals surface area contributed by atoms with Gasteiger partial charge in [0.05, 0.1) is 5.60 Å². The lowest BCUT2D eigenvalue weighted by Crippen LogP contribution is -2.49. The summed E-state index contributed by atoms with van der Waals surface area (Å²) in [7, 11) is 0. The highest BCUT2D eigenvalue weighted by Gasteiger charge is 2.44. The van der Waals surface area contributed by atoms with Gasteiger partial charge in [0.25, 0.3) is 0 Å². The van der Waals surface area contributed by atoms with Crippen molar-refractivity contribution >= 4 is 11.9 Å². The van der Waals surface area contributed by atoms with Gasteiger partial charge in [0.2, 0.25) is 0 Å². The normalized spacial score (nSPS) is 31.7. The molecule has 0 unspecified atom stereocenters. The van der Waals surface area contributed by atoms with E-state index in [0.29, 0.717) is 12.8 Å². The maximum atomic E-state index is 11.2. The van der Waals surface area contributed by atoms with Gasteiger partial charge in [-0.3, -0.25) is 9.59 Å². The predicted octanol–water partition coefficient (Wildman–Crippen LogP) is 1.67. The molecule has 5 heteroatoms. The number of carbonyl (C=O) groups excluding carboxylic acids is 2. The quantitative estimate of drug-likeness (QED) is 0.791. The number of esters is 2. The third-order valence-electron chi connectivity index (χ3n) is 3.72. The van der Waals surface area contributed by atoms with Gasteiger partial charge in [-0.2, -0.15) is 0 Å². The zero-order valence-electron chi connectivity index (χ0n) is 12.3. The van der Waals surface area contributed by atoms with E-state index in [4.69, 9.17) is 9.47 Å². The van der Waals surface area contributed by atoms with Gasteiger partial charge in [-0.1, -0.05) is 6.92 Å². The molecule has 0 bridgehead atoms. The number of rotatable bonds is 3.